The minimum atomic E-state index is -3.63. The molecule has 0 amide bonds. The standard InChI is InChI=1S/C18H16N6O3S2/c1-19-13-6-7-20-12-15(13)23-8-10-24(11-9-23)29(26,27)18-5-3-16(28-18)14-2-4-17(25)22-21-14/h2-7,12H,8-11H2,(H,22,25). The molecule has 1 aliphatic rings. The molecule has 0 bridgehead atoms. The molecule has 1 fully saturated rings. The first kappa shape index (κ1) is 19.3. The zero-order valence-corrected chi connectivity index (χ0v) is 16.8. The molecular formula is C18H16N6O3S2. The fourth-order valence-corrected chi connectivity index (χ4v) is 5.94. The van der Waals surface area contributed by atoms with E-state index in [0.717, 1.165) is 17.0 Å². The molecule has 0 unspecified atom stereocenters. The lowest BCUT2D eigenvalue weighted by atomic mass is 10.2. The average Bonchev–Trinajstić information content (AvgIpc) is 3.25. The van der Waals surface area contributed by atoms with E-state index < -0.39 is 10.0 Å². The summed E-state index contributed by atoms with van der Waals surface area (Å²) in [5.41, 5.74) is 1.44. The number of piperazine rings is 1. The third kappa shape index (κ3) is 3.77. The quantitative estimate of drug-likeness (QED) is 0.637. The minimum absolute atomic E-state index is 0.233. The van der Waals surface area contributed by atoms with Crippen molar-refractivity contribution in [1.29, 1.82) is 0 Å². The van der Waals surface area contributed by atoms with Crippen LogP contribution in [0, 0.1) is 6.57 Å². The van der Waals surface area contributed by atoms with Crippen LogP contribution in [0.25, 0.3) is 15.4 Å². The molecule has 0 aliphatic carbocycles. The molecule has 1 aliphatic heterocycles. The van der Waals surface area contributed by atoms with Gasteiger partial charge in [-0.2, -0.15) is 9.40 Å². The van der Waals surface area contributed by atoms with Crippen LogP contribution in [0.3, 0.4) is 0 Å². The second-order valence-electron chi connectivity index (χ2n) is 6.29. The van der Waals surface area contributed by atoms with Crippen LogP contribution in [0.2, 0.25) is 0 Å². The largest absolute Gasteiger partial charge is 0.376 e. The number of hydrogen-bond donors (Lipinski definition) is 1. The van der Waals surface area contributed by atoms with E-state index in [4.69, 9.17) is 6.57 Å². The summed E-state index contributed by atoms with van der Waals surface area (Å²) in [6.45, 7) is 8.88. The van der Waals surface area contributed by atoms with Crippen LogP contribution in [0.15, 0.2) is 51.7 Å². The maximum Gasteiger partial charge on any atom is 0.264 e. The lowest BCUT2D eigenvalue weighted by Crippen LogP contribution is -2.48. The van der Waals surface area contributed by atoms with Gasteiger partial charge in [0.2, 0.25) is 5.69 Å². The Morgan fingerprint density at radius 1 is 1.10 bits per heavy atom. The molecule has 9 nitrogen and oxygen atoms in total. The first-order valence-electron chi connectivity index (χ1n) is 8.71. The molecule has 0 saturated carbocycles. The van der Waals surface area contributed by atoms with E-state index >= 15 is 0 Å². The Hall–Kier alpha value is -3.07. The van der Waals surface area contributed by atoms with Crippen molar-refractivity contribution in [1.82, 2.24) is 19.5 Å². The van der Waals surface area contributed by atoms with Crippen molar-refractivity contribution < 1.29 is 8.42 Å². The highest BCUT2D eigenvalue weighted by molar-refractivity contribution is 7.91. The van der Waals surface area contributed by atoms with Gasteiger partial charge in [0.25, 0.3) is 15.6 Å². The molecule has 0 aromatic carbocycles. The summed E-state index contributed by atoms with van der Waals surface area (Å²) in [7, 11) is -3.63. The maximum absolute atomic E-state index is 13.0. The van der Waals surface area contributed by atoms with Gasteiger partial charge in [0.05, 0.1) is 17.1 Å². The molecule has 4 heterocycles. The van der Waals surface area contributed by atoms with Gasteiger partial charge in [-0.3, -0.25) is 9.78 Å². The molecule has 11 heteroatoms. The highest BCUT2D eigenvalue weighted by atomic mass is 32.2. The van der Waals surface area contributed by atoms with Crippen molar-refractivity contribution in [2.75, 3.05) is 31.1 Å². The van der Waals surface area contributed by atoms with Crippen LogP contribution < -0.4 is 10.5 Å². The smallest absolute Gasteiger partial charge is 0.264 e. The first-order chi connectivity index (χ1) is 14.0. The molecule has 4 rings (SSSR count). The van der Waals surface area contributed by atoms with Crippen molar-refractivity contribution >= 4 is 32.7 Å². The third-order valence-electron chi connectivity index (χ3n) is 4.58. The lowest BCUT2D eigenvalue weighted by molar-refractivity contribution is 0.386. The van der Waals surface area contributed by atoms with E-state index in [9.17, 15) is 13.2 Å². The van der Waals surface area contributed by atoms with Crippen LogP contribution >= 0.6 is 11.3 Å². The molecule has 1 N–H and O–H groups in total. The van der Waals surface area contributed by atoms with Gasteiger partial charge >= 0.3 is 0 Å². The van der Waals surface area contributed by atoms with Gasteiger partial charge in [-0.1, -0.05) is 0 Å². The van der Waals surface area contributed by atoms with Crippen LogP contribution in [-0.2, 0) is 10.0 Å². The molecule has 0 radical (unpaired) electrons. The van der Waals surface area contributed by atoms with E-state index in [2.05, 4.69) is 20.0 Å². The molecular weight excluding hydrogens is 412 g/mol. The van der Waals surface area contributed by atoms with Gasteiger partial charge in [0.1, 0.15) is 9.90 Å². The second kappa shape index (κ2) is 7.75. The van der Waals surface area contributed by atoms with Gasteiger partial charge < -0.3 is 4.90 Å². The Morgan fingerprint density at radius 2 is 1.90 bits per heavy atom. The zero-order chi connectivity index (χ0) is 20.4. The fraction of sp³-hybridized carbons (Fsp3) is 0.222. The first-order valence-corrected chi connectivity index (χ1v) is 11.0. The number of hydrogen-bond acceptors (Lipinski definition) is 7. The lowest BCUT2D eigenvalue weighted by Gasteiger charge is -2.35. The Bertz CT molecular complexity index is 1220. The normalized spacial score (nSPS) is 15.2. The average molecular weight is 428 g/mol. The van der Waals surface area contributed by atoms with Crippen LogP contribution in [0.1, 0.15) is 0 Å². The summed E-state index contributed by atoms with van der Waals surface area (Å²) < 4.78 is 27.7. The van der Waals surface area contributed by atoms with Crippen LogP contribution in [-0.4, -0.2) is 54.1 Å². The highest BCUT2D eigenvalue weighted by Crippen LogP contribution is 2.32. The van der Waals surface area contributed by atoms with E-state index in [1.54, 1.807) is 36.7 Å². The Balaban J connectivity index is 1.50. The number of rotatable bonds is 4. The predicted octanol–water partition coefficient (Wildman–Crippen LogP) is 1.96. The van der Waals surface area contributed by atoms with Gasteiger partial charge in [0.15, 0.2) is 0 Å². The number of H-pyrrole nitrogens is 1. The Kier molecular flexibility index (Phi) is 5.14. The molecule has 3 aromatic rings. The number of sulfonamides is 1. The molecule has 148 valence electrons. The summed E-state index contributed by atoms with van der Waals surface area (Å²) in [6, 6.07) is 7.82. The van der Waals surface area contributed by atoms with Gasteiger partial charge in [-0.25, -0.2) is 18.4 Å². The number of anilines is 1. The predicted molar refractivity (Wildman–Crippen MR) is 110 cm³/mol. The zero-order valence-electron chi connectivity index (χ0n) is 15.1. The molecule has 1 saturated heterocycles. The third-order valence-corrected chi connectivity index (χ3v) is 8.06. The number of nitrogens with one attached hydrogen (secondary N) is 1. The summed E-state index contributed by atoms with van der Waals surface area (Å²) in [5.74, 6) is 0. The monoisotopic (exact) mass is 428 g/mol. The van der Waals surface area contributed by atoms with Crippen molar-refractivity contribution in [2.24, 2.45) is 0 Å². The van der Waals surface area contributed by atoms with E-state index in [1.807, 2.05) is 4.90 Å². The summed E-state index contributed by atoms with van der Waals surface area (Å²) in [4.78, 5) is 21.4. The topological polar surface area (TPSA) is 104 Å². The highest BCUT2D eigenvalue weighted by Gasteiger charge is 2.30. The number of nitrogens with zero attached hydrogens (tertiary/aromatic N) is 5. The van der Waals surface area contributed by atoms with Crippen LogP contribution in [0.4, 0.5) is 11.4 Å². The van der Waals surface area contributed by atoms with Gasteiger partial charge in [-0.05, 0) is 24.3 Å². The van der Waals surface area contributed by atoms with Crippen LogP contribution in [0.5, 0.6) is 0 Å². The van der Waals surface area contributed by atoms with E-state index in [-0.39, 0.29) is 9.77 Å². The fourth-order valence-electron chi connectivity index (χ4n) is 3.09. The molecule has 0 atom stereocenters. The molecule has 29 heavy (non-hydrogen) atoms. The number of pyridine rings is 1. The number of aromatic nitrogens is 3. The minimum Gasteiger partial charge on any atom is -0.376 e. The van der Waals surface area contributed by atoms with Crippen molar-refractivity contribution in [3.63, 3.8) is 0 Å². The number of thiophene rings is 1. The Labute approximate surface area is 171 Å². The molecule has 0 spiro atoms. The molecule has 3 aromatic heterocycles. The Morgan fingerprint density at radius 3 is 2.59 bits per heavy atom. The van der Waals surface area contributed by atoms with Gasteiger partial charge in [-0.15, -0.1) is 11.3 Å². The SMILES string of the molecule is [C-]#[N+]c1ccncc1N1CCN(S(=O)(=O)c2ccc(-c3ccc(=O)[nH]n3)s2)CC1. The summed E-state index contributed by atoms with van der Waals surface area (Å²) >= 11 is 1.12. The van der Waals surface area contributed by atoms with Gasteiger partial charge in [0, 0.05) is 44.6 Å². The van der Waals surface area contributed by atoms with Crippen molar-refractivity contribution in [2.45, 2.75) is 4.21 Å². The van der Waals surface area contributed by atoms with E-state index in [1.165, 1.54) is 10.4 Å². The number of aromatic amines is 1. The van der Waals surface area contributed by atoms with Crippen molar-refractivity contribution in [3.05, 3.63) is 64.5 Å². The summed E-state index contributed by atoms with van der Waals surface area (Å²) in [6.07, 6.45) is 3.21. The maximum atomic E-state index is 13.0. The summed E-state index contributed by atoms with van der Waals surface area (Å²) in [5, 5.41) is 6.29. The second-order valence-corrected chi connectivity index (χ2v) is 9.54. The van der Waals surface area contributed by atoms with Crippen molar-refractivity contribution in [3.8, 4) is 10.6 Å². The van der Waals surface area contributed by atoms with E-state index in [0.29, 0.717) is 42.4 Å².